The van der Waals surface area contributed by atoms with Crippen LogP contribution in [-0.2, 0) is 42.9 Å². The van der Waals surface area contributed by atoms with Gasteiger partial charge in [-0.15, -0.1) is 0 Å². The Kier molecular flexibility index (Phi) is 44.7. The Morgan fingerprint density at radius 3 is 1.41 bits per heavy atom. The van der Waals surface area contributed by atoms with Gasteiger partial charge in [-0.25, -0.2) is 4.79 Å². The number of carboxylic acid groups (broad SMARTS) is 1. The molecule has 0 radical (unpaired) electrons. The number of ether oxygens (including phenoxy) is 5. The van der Waals surface area contributed by atoms with Gasteiger partial charge in [0.2, 0.25) is 0 Å². The fourth-order valence-electron chi connectivity index (χ4n) is 8.12. The van der Waals surface area contributed by atoms with Crippen molar-refractivity contribution < 1.29 is 58.2 Å². The highest BCUT2D eigenvalue weighted by atomic mass is 16.7. The maximum Gasteiger partial charge on any atom is 0.335 e. The molecule has 0 saturated carbocycles. The van der Waals surface area contributed by atoms with Crippen LogP contribution in [0.15, 0.2) is 85.1 Å². The Morgan fingerprint density at radius 2 is 0.904 bits per heavy atom. The lowest BCUT2D eigenvalue weighted by Gasteiger charge is -2.40. The molecule has 3 N–H and O–H groups in total. The fourth-order valence-corrected chi connectivity index (χ4v) is 8.12. The molecule has 0 aliphatic carbocycles. The van der Waals surface area contributed by atoms with Gasteiger partial charge in [0, 0.05) is 12.8 Å². The van der Waals surface area contributed by atoms with Crippen molar-refractivity contribution in [3.8, 4) is 0 Å². The molecular weight excluding hydrogens is 925 g/mol. The second-order valence-corrected chi connectivity index (χ2v) is 19.2. The van der Waals surface area contributed by atoms with E-state index in [-0.39, 0.29) is 25.9 Å². The SMILES string of the molecule is CC/C=C\C/C=C\C/C=C\C/C=C\C/C=C\CC(=O)OCC(COC1OC(C(=O)O)C(O)C(O)C1OC(=O)CCCCCCCCCCCCCCC)OC(=O)CCCCCCC/C=C\C/C=C\CCCCC. The number of carbonyl (C=O) groups excluding carboxylic acids is 3. The van der Waals surface area contributed by atoms with E-state index in [2.05, 4.69) is 87.6 Å². The Balaban J connectivity index is 2.77. The highest BCUT2D eigenvalue weighted by Crippen LogP contribution is 2.26. The van der Waals surface area contributed by atoms with E-state index in [9.17, 15) is 34.5 Å². The first-order valence-corrected chi connectivity index (χ1v) is 28.6. The van der Waals surface area contributed by atoms with Crippen LogP contribution < -0.4 is 0 Å². The number of esters is 3. The molecule has 416 valence electrons. The second-order valence-electron chi connectivity index (χ2n) is 19.2. The summed E-state index contributed by atoms with van der Waals surface area (Å²) in [5, 5.41) is 31.4. The van der Waals surface area contributed by atoms with Gasteiger partial charge in [0.25, 0.3) is 0 Å². The molecule has 1 aliphatic heterocycles. The van der Waals surface area contributed by atoms with Gasteiger partial charge in [0.1, 0.15) is 18.8 Å². The fraction of sp³-hybridized carbons (Fsp3) is 0.705. The molecule has 0 aromatic carbocycles. The molecule has 0 aromatic heterocycles. The van der Waals surface area contributed by atoms with Crippen molar-refractivity contribution in [1.29, 1.82) is 0 Å². The first-order valence-electron chi connectivity index (χ1n) is 28.6. The van der Waals surface area contributed by atoms with Gasteiger partial charge >= 0.3 is 23.9 Å². The molecule has 6 unspecified atom stereocenters. The molecule has 0 bridgehead atoms. The lowest BCUT2D eigenvalue weighted by Crippen LogP contribution is -2.61. The van der Waals surface area contributed by atoms with Gasteiger partial charge < -0.3 is 39.0 Å². The van der Waals surface area contributed by atoms with Crippen LogP contribution in [0.2, 0.25) is 0 Å². The van der Waals surface area contributed by atoms with E-state index in [1.807, 2.05) is 12.2 Å². The Morgan fingerprint density at radius 1 is 0.479 bits per heavy atom. The quantitative estimate of drug-likeness (QED) is 0.0228. The van der Waals surface area contributed by atoms with Crippen LogP contribution in [0, 0.1) is 0 Å². The molecule has 1 aliphatic rings. The molecule has 1 rings (SSSR count). The molecular formula is C61H100O12. The van der Waals surface area contributed by atoms with Gasteiger partial charge in [-0.2, -0.15) is 0 Å². The summed E-state index contributed by atoms with van der Waals surface area (Å²) >= 11 is 0. The van der Waals surface area contributed by atoms with E-state index in [4.69, 9.17) is 23.7 Å². The molecule has 0 spiro atoms. The summed E-state index contributed by atoms with van der Waals surface area (Å²) in [5.41, 5.74) is 0. The predicted octanol–water partition coefficient (Wildman–Crippen LogP) is 14.3. The van der Waals surface area contributed by atoms with Crippen molar-refractivity contribution in [1.82, 2.24) is 0 Å². The Labute approximate surface area is 441 Å². The summed E-state index contributed by atoms with van der Waals surface area (Å²) < 4.78 is 28.2. The molecule has 1 saturated heterocycles. The highest BCUT2D eigenvalue weighted by molar-refractivity contribution is 5.74. The minimum Gasteiger partial charge on any atom is -0.479 e. The van der Waals surface area contributed by atoms with E-state index >= 15 is 0 Å². The van der Waals surface area contributed by atoms with Gasteiger partial charge in [0.15, 0.2) is 24.6 Å². The summed E-state index contributed by atoms with van der Waals surface area (Å²) in [6.07, 6.45) is 50.1. The normalized spacial score (nSPS) is 18.9. The zero-order valence-corrected chi connectivity index (χ0v) is 45.6. The Bertz CT molecular complexity index is 1590. The minimum absolute atomic E-state index is 0.0194. The van der Waals surface area contributed by atoms with Crippen LogP contribution in [0.25, 0.3) is 0 Å². The van der Waals surface area contributed by atoms with Gasteiger partial charge in [-0.05, 0) is 77.0 Å². The van der Waals surface area contributed by atoms with E-state index in [1.54, 1.807) is 6.08 Å². The van der Waals surface area contributed by atoms with Gasteiger partial charge in [0.05, 0.1) is 13.0 Å². The van der Waals surface area contributed by atoms with E-state index in [0.29, 0.717) is 19.3 Å². The second kappa shape index (κ2) is 48.8. The smallest absolute Gasteiger partial charge is 0.335 e. The minimum atomic E-state index is -1.92. The lowest BCUT2D eigenvalue weighted by atomic mass is 9.98. The van der Waals surface area contributed by atoms with Crippen LogP contribution in [0.1, 0.15) is 226 Å². The maximum absolute atomic E-state index is 13.1. The monoisotopic (exact) mass is 1020 g/mol. The number of aliphatic carboxylic acids is 1. The molecule has 12 nitrogen and oxygen atoms in total. The molecule has 6 atom stereocenters. The third-order valence-electron chi connectivity index (χ3n) is 12.5. The summed E-state index contributed by atoms with van der Waals surface area (Å²) in [4.78, 5) is 51.0. The number of carboxylic acids is 1. The van der Waals surface area contributed by atoms with Gasteiger partial charge in [-0.3, -0.25) is 14.4 Å². The van der Waals surface area contributed by atoms with Crippen molar-refractivity contribution in [3.63, 3.8) is 0 Å². The van der Waals surface area contributed by atoms with Crippen LogP contribution in [0.4, 0.5) is 0 Å². The number of unbranched alkanes of at least 4 members (excludes halogenated alkanes) is 20. The third-order valence-corrected chi connectivity index (χ3v) is 12.5. The number of allylic oxidation sites excluding steroid dienone is 13. The standard InChI is InChI=1S/C61H100O12/c1-4-7-10-13-16-19-22-25-27-30-32-35-38-41-44-47-53(62)69-50-52(71-54(63)48-45-42-39-36-34-31-28-26-23-20-17-14-11-8-5-2)51-70-61-59(57(66)56(65)58(73-61)60(67)68)72-55(64)49-46-43-40-37-33-29-24-21-18-15-12-9-6-3/h7,10,16-17,19-20,25-28,32,35,41,44,52,56-59,61,65-66H,4-6,8-9,11-15,18,21-24,29-31,33-34,36-40,42-43,45-51H2,1-3H3,(H,67,68)/b10-7-,19-16-,20-17-,27-25-,28-26-,35-32-,44-41-. The zero-order valence-electron chi connectivity index (χ0n) is 45.6. The zero-order chi connectivity index (χ0) is 53.3. The van der Waals surface area contributed by atoms with E-state index < -0.39 is 67.3 Å². The van der Waals surface area contributed by atoms with Crippen molar-refractivity contribution >= 4 is 23.9 Å². The summed E-state index contributed by atoms with van der Waals surface area (Å²) in [6.45, 7) is 5.74. The average molecular weight is 1030 g/mol. The summed E-state index contributed by atoms with van der Waals surface area (Å²) in [5.74, 6) is -3.30. The third kappa shape index (κ3) is 39.0. The highest BCUT2D eigenvalue weighted by Gasteiger charge is 2.50. The van der Waals surface area contributed by atoms with Crippen molar-refractivity contribution in [2.45, 2.75) is 263 Å². The molecule has 12 heteroatoms. The molecule has 73 heavy (non-hydrogen) atoms. The van der Waals surface area contributed by atoms with Crippen molar-refractivity contribution in [2.24, 2.45) is 0 Å². The number of hydrogen-bond donors (Lipinski definition) is 3. The number of aliphatic hydroxyl groups excluding tert-OH is 2. The number of rotatable bonds is 47. The van der Waals surface area contributed by atoms with Crippen molar-refractivity contribution in [2.75, 3.05) is 13.2 Å². The lowest BCUT2D eigenvalue weighted by molar-refractivity contribution is -0.301. The summed E-state index contributed by atoms with van der Waals surface area (Å²) in [7, 11) is 0. The Hall–Kier alpha value is -4.10. The first kappa shape index (κ1) is 66.9. The first-order chi connectivity index (χ1) is 35.6. The maximum atomic E-state index is 13.1. The number of hydrogen-bond acceptors (Lipinski definition) is 11. The summed E-state index contributed by atoms with van der Waals surface area (Å²) in [6, 6.07) is 0. The molecule has 1 fully saturated rings. The van der Waals surface area contributed by atoms with Crippen LogP contribution in [0.5, 0.6) is 0 Å². The molecule has 1 heterocycles. The number of carbonyl (C=O) groups is 4. The van der Waals surface area contributed by atoms with Crippen LogP contribution in [-0.4, -0.2) is 89.2 Å². The van der Waals surface area contributed by atoms with Crippen LogP contribution in [0.3, 0.4) is 0 Å². The topological polar surface area (TPSA) is 175 Å². The predicted molar refractivity (Wildman–Crippen MR) is 294 cm³/mol. The molecule has 0 amide bonds. The average Bonchev–Trinajstić information content (AvgIpc) is 3.37. The van der Waals surface area contributed by atoms with E-state index in [0.717, 1.165) is 96.3 Å². The number of aliphatic hydroxyl groups is 2. The molecule has 0 aromatic rings. The van der Waals surface area contributed by atoms with Crippen molar-refractivity contribution in [3.05, 3.63) is 85.1 Å². The van der Waals surface area contributed by atoms with Gasteiger partial charge in [-0.1, -0.05) is 215 Å². The largest absolute Gasteiger partial charge is 0.479 e. The van der Waals surface area contributed by atoms with E-state index in [1.165, 1.54) is 70.6 Å². The van der Waals surface area contributed by atoms with Crippen LogP contribution >= 0.6 is 0 Å².